The highest BCUT2D eigenvalue weighted by Gasteiger charge is 2.24. The van der Waals surface area contributed by atoms with Gasteiger partial charge in [0.2, 0.25) is 5.90 Å². The summed E-state index contributed by atoms with van der Waals surface area (Å²) in [6.07, 6.45) is 1.43. The van der Waals surface area contributed by atoms with E-state index in [9.17, 15) is 14.9 Å². The molecule has 0 spiro atoms. The molecule has 0 unspecified atom stereocenters. The van der Waals surface area contributed by atoms with Crippen molar-refractivity contribution in [3.8, 4) is 0 Å². The van der Waals surface area contributed by atoms with Crippen LogP contribution in [0.3, 0.4) is 0 Å². The van der Waals surface area contributed by atoms with Crippen LogP contribution in [0.5, 0.6) is 0 Å². The number of esters is 1. The molecule has 0 atom stereocenters. The Morgan fingerprint density at radius 2 is 1.81 bits per heavy atom. The molecule has 1 aliphatic heterocycles. The number of carbonyl (C=O) groups excluding carboxylic acids is 1. The SMILES string of the molecule is O=C1OC(c2ccc3ccccc3c2)=NC1=Cc1ccc(Cl)c([N+](=O)[O-])c1. The van der Waals surface area contributed by atoms with Crippen molar-refractivity contribution in [3.63, 3.8) is 0 Å². The van der Waals surface area contributed by atoms with Crippen molar-refractivity contribution in [2.24, 2.45) is 4.99 Å². The Bertz CT molecular complexity index is 1170. The third kappa shape index (κ3) is 3.30. The largest absolute Gasteiger partial charge is 0.402 e. The molecule has 0 amide bonds. The van der Waals surface area contributed by atoms with Crippen LogP contribution in [0.15, 0.2) is 71.4 Å². The molecule has 6 nitrogen and oxygen atoms in total. The Labute approximate surface area is 158 Å². The zero-order valence-corrected chi connectivity index (χ0v) is 14.5. The van der Waals surface area contributed by atoms with Crippen molar-refractivity contribution in [1.29, 1.82) is 0 Å². The molecule has 1 aliphatic rings. The van der Waals surface area contributed by atoms with E-state index in [1.165, 1.54) is 18.2 Å². The van der Waals surface area contributed by atoms with E-state index in [2.05, 4.69) is 4.99 Å². The number of ether oxygens (including phenoxy) is 1. The van der Waals surface area contributed by atoms with Crippen molar-refractivity contribution in [2.75, 3.05) is 0 Å². The number of cyclic esters (lactones) is 1. The second kappa shape index (κ2) is 6.66. The van der Waals surface area contributed by atoms with E-state index >= 15 is 0 Å². The summed E-state index contributed by atoms with van der Waals surface area (Å²) in [6, 6.07) is 17.7. The normalized spacial score (nSPS) is 15.1. The van der Waals surface area contributed by atoms with Crippen LogP contribution < -0.4 is 0 Å². The van der Waals surface area contributed by atoms with Gasteiger partial charge in [0.25, 0.3) is 5.69 Å². The zero-order valence-electron chi connectivity index (χ0n) is 13.8. The smallest absolute Gasteiger partial charge is 0.363 e. The van der Waals surface area contributed by atoms with Crippen molar-refractivity contribution in [2.45, 2.75) is 0 Å². The first-order chi connectivity index (χ1) is 13.0. The number of aliphatic imine (C=N–C) groups is 1. The number of fused-ring (bicyclic) bond motifs is 1. The number of nitro groups is 1. The molecule has 0 aliphatic carbocycles. The predicted octanol–water partition coefficient (Wildman–Crippen LogP) is 4.75. The maximum atomic E-state index is 12.1. The Hall–Kier alpha value is -3.51. The van der Waals surface area contributed by atoms with Gasteiger partial charge in [0.15, 0.2) is 5.70 Å². The fourth-order valence-electron chi connectivity index (χ4n) is 2.77. The van der Waals surface area contributed by atoms with Crippen molar-refractivity contribution in [3.05, 3.63) is 92.6 Å². The number of benzene rings is 3. The van der Waals surface area contributed by atoms with Crippen molar-refractivity contribution >= 4 is 46.0 Å². The van der Waals surface area contributed by atoms with Crippen LogP contribution in [0, 0.1) is 10.1 Å². The average Bonchev–Trinajstić information content (AvgIpc) is 3.03. The van der Waals surface area contributed by atoms with Crippen molar-refractivity contribution < 1.29 is 14.5 Å². The van der Waals surface area contributed by atoms with Crippen LogP contribution in [0.4, 0.5) is 5.69 Å². The molecule has 0 saturated heterocycles. The van der Waals surface area contributed by atoms with Crippen LogP contribution in [0.1, 0.15) is 11.1 Å². The molecule has 0 radical (unpaired) electrons. The molecule has 0 bridgehead atoms. The molecule has 0 fully saturated rings. The summed E-state index contributed by atoms with van der Waals surface area (Å²) in [6.45, 7) is 0. The predicted molar refractivity (Wildman–Crippen MR) is 103 cm³/mol. The minimum absolute atomic E-state index is 0.0245. The van der Waals surface area contributed by atoms with E-state index in [-0.39, 0.29) is 22.3 Å². The van der Waals surface area contributed by atoms with E-state index < -0.39 is 10.9 Å². The van der Waals surface area contributed by atoms with E-state index in [1.54, 1.807) is 6.07 Å². The van der Waals surface area contributed by atoms with Gasteiger partial charge in [0.1, 0.15) is 5.02 Å². The fourth-order valence-corrected chi connectivity index (χ4v) is 2.96. The summed E-state index contributed by atoms with van der Waals surface area (Å²) in [5.74, 6) is -0.420. The molecular formula is C20H11ClN2O4. The lowest BCUT2D eigenvalue weighted by Gasteiger charge is -2.02. The topological polar surface area (TPSA) is 81.8 Å². The van der Waals surface area contributed by atoms with Gasteiger partial charge in [-0.05, 0) is 40.6 Å². The quantitative estimate of drug-likeness (QED) is 0.285. The van der Waals surface area contributed by atoms with Crippen LogP contribution in [-0.4, -0.2) is 16.8 Å². The molecule has 27 heavy (non-hydrogen) atoms. The number of hydrogen-bond acceptors (Lipinski definition) is 5. The van der Waals surface area contributed by atoms with E-state index in [1.807, 2.05) is 42.5 Å². The molecule has 1 heterocycles. The second-order valence-corrected chi connectivity index (χ2v) is 6.27. The number of nitro benzene ring substituents is 1. The van der Waals surface area contributed by atoms with Gasteiger partial charge in [-0.3, -0.25) is 10.1 Å². The highest BCUT2D eigenvalue weighted by atomic mass is 35.5. The van der Waals surface area contributed by atoms with Crippen molar-refractivity contribution in [1.82, 2.24) is 0 Å². The summed E-state index contributed by atoms with van der Waals surface area (Å²) < 4.78 is 5.27. The Morgan fingerprint density at radius 1 is 1.04 bits per heavy atom. The first-order valence-electron chi connectivity index (χ1n) is 7.97. The Balaban J connectivity index is 1.71. The third-order valence-corrected chi connectivity index (χ3v) is 4.41. The van der Waals surface area contributed by atoms with Gasteiger partial charge in [0, 0.05) is 11.6 Å². The van der Waals surface area contributed by atoms with Gasteiger partial charge in [-0.15, -0.1) is 0 Å². The standard InChI is InChI=1S/C20H11ClN2O4/c21-16-8-5-12(10-18(16)23(25)26)9-17-20(24)27-19(22-17)15-7-6-13-3-1-2-4-14(13)11-15/h1-11H. The molecule has 0 aromatic heterocycles. The van der Waals surface area contributed by atoms with E-state index in [0.717, 1.165) is 10.8 Å². The summed E-state index contributed by atoms with van der Waals surface area (Å²) in [5, 5.41) is 13.1. The monoisotopic (exact) mass is 378 g/mol. The first kappa shape index (κ1) is 16.9. The van der Waals surface area contributed by atoms with Gasteiger partial charge < -0.3 is 4.74 Å². The van der Waals surface area contributed by atoms with Gasteiger partial charge in [-0.25, -0.2) is 9.79 Å². The lowest BCUT2D eigenvalue weighted by molar-refractivity contribution is -0.384. The fraction of sp³-hybridized carbons (Fsp3) is 0. The minimum atomic E-state index is -0.615. The molecule has 132 valence electrons. The van der Waals surface area contributed by atoms with Crippen LogP contribution >= 0.6 is 11.6 Å². The molecule has 0 N–H and O–H groups in total. The molecule has 3 aromatic rings. The number of halogens is 1. The van der Waals surface area contributed by atoms with Crippen LogP contribution in [0.25, 0.3) is 16.8 Å². The maximum Gasteiger partial charge on any atom is 0.363 e. The van der Waals surface area contributed by atoms with E-state index in [4.69, 9.17) is 16.3 Å². The van der Waals surface area contributed by atoms with Gasteiger partial charge in [0.05, 0.1) is 4.92 Å². The van der Waals surface area contributed by atoms with Gasteiger partial charge >= 0.3 is 5.97 Å². The number of nitrogens with zero attached hydrogens (tertiary/aromatic N) is 2. The zero-order chi connectivity index (χ0) is 19.0. The minimum Gasteiger partial charge on any atom is -0.402 e. The highest BCUT2D eigenvalue weighted by molar-refractivity contribution is 6.32. The molecule has 4 rings (SSSR count). The summed E-state index contributed by atoms with van der Waals surface area (Å²) in [5.41, 5.74) is 0.931. The Kier molecular flexibility index (Phi) is 4.18. The maximum absolute atomic E-state index is 12.1. The lowest BCUT2D eigenvalue weighted by atomic mass is 10.1. The molecular weight excluding hydrogens is 368 g/mol. The van der Waals surface area contributed by atoms with Gasteiger partial charge in [-0.2, -0.15) is 0 Å². The highest BCUT2D eigenvalue weighted by Crippen LogP contribution is 2.27. The number of rotatable bonds is 3. The number of carbonyl (C=O) groups is 1. The molecule has 0 saturated carbocycles. The summed E-state index contributed by atoms with van der Waals surface area (Å²) in [4.78, 5) is 26.8. The number of hydrogen-bond donors (Lipinski definition) is 0. The van der Waals surface area contributed by atoms with Crippen LogP contribution in [0.2, 0.25) is 5.02 Å². The average molecular weight is 379 g/mol. The first-order valence-corrected chi connectivity index (χ1v) is 8.35. The van der Waals surface area contributed by atoms with Gasteiger partial charge in [-0.1, -0.05) is 48.0 Å². The van der Waals surface area contributed by atoms with E-state index in [0.29, 0.717) is 11.1 Å². The second-order valence-electron chi connectivity index (χ2n) is 5.87. The van der Waals surface area contributed by atoms with Crippen LogP contribution in [-0.2, 0) is 9.53 Å². The Morgan fingerprint density at radius 3 is 2.59 bits per heavy atom. The lowest BCUT2D eigenvalue weighted by Crippen LogP contribution is -2.05. The summed E-state index contributed by atoms with van der Waals surface area (Å²) >= 11 is 5.81. The molecule has 3 aromatic carbocycles. The molecule has 7 heteroatoms. The third-order valence-electron chi connectivity index (χ3n) is 4.09. The summed E-state index contributed by atoms with van der Waals surface area (Å²) in [7, 11) is 0.